The van der Waals surface area contributed by atoms with Gasteiger partial charge in [0.05, 0.1) is 12.3 Å². The minimum absolute atomic E-state index is 0.0857. The van der Waals surface area contributed by atoms with Gasteiger partial charge in [0.15, 0.2) is 0 Å². The Morgan fingerprint density at radius 2 is 2.15 bits per heavy atom. The topological polar surface area (TPSA) is 68.5 Å². The molecule has 140 valence electrons. The molecule has 0 spiro atoms. The smallest absolute Gasteiger partial charge is 0.265 e. The average molecular weight is 374 g/mol. The van der Waals surface area contributed by atoms with Gasteiger partial charge in [-0.1, -0.05) is 0 Å². The second-order valence-corrected chi connectivity index (χ2v) is 7.90. The molecule has 1 fully saturated rings. The van der Waals surface area contributed by atoms with Crippen molar-refractivity contribution in [3.05, 3.63) is 34.8 Å². The molecule has 2 aromatic rings. The minimum atomic E-state index is 0.0857. The molecule has 0 bridgehead atoms. The molecule has 1 aromatic heterocycles. The van der Waals surface area contributed by atoms with E-state index in [2.05, 4.69) is 4.98 Å². The van der Waals surface area contributed by atoms with Crippen LogP contribution in [0.4, 0.5) is 0 Å². The number of hydrogen-bond acceptors (Lipinski definition) is 5. The van der Waals surface area contributed by atoms with Crippen LogP contribution in [0.25, 0.3) is 10.6 Å². The zero-order valence-corrected chi connectivity index (χ0v) is 16.5. The van der Waals surface area contributed by atoms with Crippen LogP contribution in [0, 0.1) is 12.8 Å². The van der Waals surface area contributed by atoms with E-state index in [0.29, 0.717) is 12.5 Å². The molecule has 2 N–H and O–H groups in total. The Labute approximate surface area is 159 Å². The predicted molar refractivity (Wildman–Crippen MR) is 106 cm³/mol. The number of thiazole rings is 1. The first kappa shape index (κ1) is 18.9. The van der Waals surface area contributed by atoms with Crippen LogP contribution in [-0.4, -0.2) is 41.5 Å². The molecule has 0 aliphatic carbocycles. The third kappa shape index (κ3) is 4.07. The van der Waals surface area contributed by atoms with Gasteiger partial charge in [0.25, 0.3) is 5.91 Å². The molecule has 5 nitrogen and oxygen atoms in total. The van der Waals surface area contributed by atoms with E-state index in [1.807, 2.05) is 49.9 Å². The van der Waals surface area contributed by atoms with Crippen molar-refractivity contribution in [2.24, 2.45) is 11.7 Å². The Hall–Kier alpha value is -1.92. The van der Waals surface area contributed by atoms with Gasteiger partial charge in [-0.3, -0.25) is 4.79 Å². The van der Waals surface area contributed by atoms with Gasteiger partial charge in [0, 0.05) is 24.7 Å². The largest absolute Gasteiger partial charge is 0.494 e. The normalized spacial score (nSPS) is 18.6. The molecule has 1 aromatic carbocycles. The maximum atomic E-state index is 13.0. The van der Waals surface area contributed by atoms with Crippen molar-refractivity contribution in [3.63, 3.8) is 0 Å². The summed E-state index contributed by atoms with van der Waals surface area (Å²) in [4.78, 5) is 20.3. The van der Waals surface area contributed by atoms with Crippen molar-refractivity contribution in [3.8, 4) is 16.3 Å². The number of hydrogen-bond donors (Lipinski definition) is 1. The Kier molecular flexibility index (Phi) is 5.94. The number of piperidine rings is 1. The zero-order chi connectivity index (χ0) is 18.7. The lowest BCUT2D eigenvalue weighted by Crippen LogP contribution is -2.45. The van der Waals surface area contributed by atoms with Crippen LogP contribution in [0.15, 0.2) is 24.3 Å². The third-order valence-corrected chi connectivity index (χ3v) is 6.09. The highest BCUT2D eigenvalue weighted by Crippen LogP contribution is 2.31. The summed E-state index contributed by atoms with van der Waals surface area (Å²) in [6.45, 7) is 8.10. The highest BCUT2D eigenvalue weighted by Gasteiger charge is 2.28. The van der Waals surface area contributed by atoms with Crippen molar-refractivity contribution >= 4 is 17.2 Å². The highest BCUT2D eigenvalue weighted by molar-refractivity contribution is 7.17. The van der Waals surface area contributed by atoms with Crippen LogP contribution in [-0.2, 0) is 0 Å². The van der Waals surface area contributed by atoms with Crippen molar-refractivity contribution in [1.82, 2.24) is 9.88 Å². The number of carbonyl (C=O) groups is 1. The van der Waals surface area contributed by atoms with Crippen molar-refractivity contribution in [2.45, 2.75) is 39.7 Å². The SMILES string of the molecule is CCOc1ccc(-c2nc(C)c(C(=O)N3CCCC(C(C)N)C3)s2)cc1. The first-order valence-electron chi connectivity index (χ1n) is 9.25. The summed E-state index contributed by atoms with van der Waals surface area (Å²) in [5.41, 5.74) is 7.86. The number of rotatable bonds is 5. The first-order valence-corrected chi connectivity index (χ1v) is 10.1. The molecular weight excluding hydrogens is 346 g/mol. The van der Waals surface area contributed by atoms with Gasteiger partial charge in [-0.25, -0.2) is 4.98 Å². The van der Waals surface area contributed by atoms with E-state index < -0.39 is 0 Å². The first-order chi connectivity index (χ1) is 12.5. The second kappa shape index (κ2) is 8.18. The van der Waals surface area contributed by atoms with Crippen LogP contribution in [0.2, 0.25) is 0 Å². The zero-order valence-electron chi connectivity index (χ0n) is 15.7. The molecule has 1 saturated heterocycles. The maximum Gasteiger partial charge on any atom is 0.265 e. The van der Waals surface area contributed by atoms with Gasteiger partial charge < -0.3 is 15.4 Å². The van der Waals surface area contributed by atoms with Gasteiger partial charge >= 0.3 is 0 Å². The Bertz CT molecular complexity index is 755. The average Bonchev–Trinajstić information content (AvgIpc) is 3.04. The fourth-order valence-electron chi connectivity index (χ4n) is 3.35. The molecule has 6 heteroatoms. The molecule has 3 rings (SSSR count). The number of amides is 1. The van der Waals surface area contributed by atoms with Gasteiger partial charge in [-0.15, -0.1) is 11.3 Å². The molecule has 1 amide bonds. The fraction of sp³-hybridized carbons (Fsp3) is 0.500. The van der Waals surface area contributed by atoms with Crippen LogP contribution < -0.4 is 10.5 Å². The lowest BCUT2D eigenvalue weighted by Gasteiger charge is -2.34. The predicted octanol–water partition coefficient (Wildman–Crippen LogP) is 3.72. The lowest BCUT2D eigenvalue weighted by molar-refractivity contribution is 0.0665. The number of benzene rings is 1. The van der Waals surface area contributed by atoms with E-state index >= 15 is 0 Å². The molecule has 1 aliphatic rings. The summed E-state index contributed by atoms with van der Waals surface area (Å²) in [7, 11) is 0. The molecule has 26 heavy (non-hydrogen) atoms. The fourth-order valence-corrected chi connectivity index (χ4v) is 4.39. The number of aromatic nitrogens is 1. The van der Waals surface area contributed by atoms with Gasteiger partial charge in [-0.05, 0) is 63.8 Å². The summed E-state index contributed by atoms with van der Waals surface area (Å²) < 4.78 is 5.48. The number of aryl methyl sites for hydroxylation is 1. The quantitative estimate of drug-likeness (QED) is 0.867. The Morgan fingerprint density at radius 1 is 1.42 bits per heavy atom. The molecule has 2 unspecified atom stereocenters. The summed E-state index contributed by atoms with van der Waals surface area (Å²) in [5, 5.41) is 0.870. The van der Waals surface area contributed by atoms with Gasteiger partial charge in [0.1, 0.15) is 15.6 Å². The Morgan fingerprint density at radius 3 is 2.81 bits per heavy atom. The molecule has 2 heterocycles. The van der Waals surface area contributed by atoms with Crippen LogP contribution in [0.5, 0.6) is 5.75 Å². The number of nitrogens with zero attached hydrogens (tertiary/aromatic N) is 2. The van der Waals surface area contributed by atoms with E-state index in [0.717, 1.165) is 52.8 Å². The Balaban J connectivity index is 1.78. The summed E-state index contributed by atoms with van der Waals surface area (Å²) in [5.74, 6) is 1.31. The van der Waals surface area contributed by atoms with Crippen LogP contribution in [0.3, 0.4) is 0 Å². The minimum Gasteiger partial charge on any atom is -0.494 e. The second-order valence-electron chi connectivity index (χ2n) is 6.90. The molecule has 0 saturated carbocycles. The summed E-state index contributed by atoms with van der Waals surface area (Å²) in [6.07, 6.45) is 2.11. The molecular formula is C20H27N3O2S. The lowest BCUT2D eigenvalue weighted by atomic mass is 9.92. The van der Waals surface area contributed by atoms with E-state index in [1.165, 1.54) is 11.3 Å². The monoisotopic (exact) mass is 373 g/mol. The maximum absolute atomic E-state index is 13.0. The number of carbonyl (C=O) groups excluding carboxylic acids is 1. The summed E-state index contributed by atoms with van der Waals surface area (Å²) in [6, 6.07) is 7.98. The van der Waals surface area contributed by atoms with E-state index in [-0.39, 0.29) is 11.9 Å². The van der Waals surface area contributed by atoms with Crippen molar-refractivity contribution in [2.75, 3.05) is 19.7 Å². The number of nitrogens with two attached hydrogens (primary N) is 1. The highest BCUT2D eigenvalue weighted by atomic mass is 32.1. The van der Waals surface area contributed by atoms with Gasteiger partial charge in [0.2, 0.25) is 0 Å². The third-order valence-electron chi connectivity index (χ3n) is 4.89. The molecule has 1 aliphatic heterocycles. The number of likely N-dealkylation sites (tertiary alicyclic amines) is 1. The molecule has 0 radical (unpaired) electrons. The molecule has 2 atom stereocenters. The van der Waals surface area contributed by atoms with E-state index in [4.69, 9.17) is 10.5 Å². The number of ether oxygens (including phenoxy) is 1. The standard InChI is InChI=1S/C20H27N3O2S/c1-4-25-17-9-7-15(8-10-17)19-22-14(3)18(26-19)20(24)23-11-5-6-16(12-23)13(2)21/h7-10,13,16H,4-6,11-12,21H2,1-3H3. The van der Waals surface area contributed by atoms with Crippen LogP contribution >= 0.6 is 11.3 Å². The van der Waals surface area contributed by atoms with Crippen molar-refractivity contribution in [1.29, 1.82) is 0 Å². The van der Waals surface area contributed by atoms with Crippen LogP contribution in [0.1, 0.15) is 42.1 Å². The van der Waals surface area contributed by atoms with Crippen molar-refractivity contribution < 1.29 is 9.53 Å². The summed E-state index contributed by atoms with van der Waals surface area (Å²) >= 11 is 1.47. The van der Waals surface area contributed by atoms with Gasteiger partial charge in [-0.2, -0.15) is 0 Å². The van der Waals surface area contributed by atoms with E-state index in [9.17, 15) is 4.79 Å². The van der Waals surface area contributed by atoms with E-state index in [1.54, 1.807) is 0 Å².